The van der Waals surface area contributed by atoms with Crippen molar-refractivity contribution in [3.8, 4) is 0 Å². The second-order valence-corrected chi connectivity index (χ2v) is 13.4. The van der Waals surface area contributed by atoms with E-state index in [2.05, 4.69) is 18.7 Å². The van der Waals surface area contributed by atoms with Gasteiger partial charge in [-0.2, -0.15) is 0 Å². The fourth-order valence-corrected chi connectivity index (χ4v) is 6.20. The Kier molecular flexibility index (Phi) is 23.6. The molecule has 0 aromatic carbocycles. The van der Waals surface area contributed by atoms with Crippen LogP contribution in [0.25, 0.3) is 0 Å². The lowest BCUT2D eigenvalue weighted by Gasteiger charge is -2.49. The number of rotatable bonds is 28. The molecule has 42 heavy (non-hydrogen) atoms. The van der Waals surface area contributed by atoms with Crippen LogP contribution < -0.4 is 0 Å². The fraction of sp³-hybridized carbons (Fsp3) is 1.00. The molecule has 252 valence electrons. The van der Waals surface area contributed by atoms with E-state index in [4.69, 9.17) is 9.47 Å². The summed E-state index contributed by atoms with van der Waals surface area (Å²) in [6.07, 6.45) is 19.6. The average molecular weight is 602 g/mol. The van der Waals surface area contributed by atoms with E-state index in [-0.39, 0.29) is 0 Å². The summed E-state index contributed by atoms with van der Waals surface area (Å²) in [4.78, 5) is 2.07. The van der Waals surface area contributed by atoms with Crippen LogP contribution in [0, 0.1) is 0 Å². The van der Waals surface area contributed by atoms with Crippen LogP contribution in [0.3, 0.4) is 0 Å². The molecule has 4 N–H and O–H groups in total. The molecule has 0 saturated carbocycles. The molecule has 0 bridgehead atoms. The van der Waals surface area contributed by atoms with Crippen LogP contribution >= 0.6 is 0 Å². The van der Waals surface area contributed by atoms with Crippen molar-refractivity contribution in [1.29, 1.82) is 0 Å². The number of unbranched alkanes of at least 4 members (excludes halogenated alkanes) is 18. The molecule has 0 radical (unpaired) electrons. The van der Waals surface area contributed by atoms with Crippen molar-refractivity contribution in [1.82, 2.24) is 4.90 Å². The Morgan fingerprint density at radius 3 is 1.62 bits per heavy atom. The minimum atomic E-state index is -1.70. The molecule has 0 aromatic heterocycles. The van der Waals surface area contributed by atoms with Crippen LogP contribution in [-0.2, 0) is 9.47 Å². The van der Waals surface area contributed by atoms with Crippen molar-refractivity contribution in [3.05, 3.63) is 0 Å². The monoisotopic (exact) mass is 602 g/mol. The van der Waals surface area contributed by atoms with Crippen molar-refractivity contribution in [3.63, 3.8) is 0 Å². The van der Waals surface area contributed by atoms with Gasteiger partial charge in [0.25, 0.3) is 0 Å². The van der Waals surface area contributed by atoms with Gasteiger partial charge in [-0.25, -0.2) is 0 Å². The molecule has 1 rings (SSSR count). The van der Waals surface area contributed by atoms with Gasteiger partial charge < -0.3 is 34.8 Å². The average Bonchev–Trinajstić information content (AvgIpc) is 2.97. The molecule has 1 unspecified atom stereocenters. The summed E-state index contributed by atoms with van der Waals surface area (Å²) in [5, 5.41) is 44.7. The SMILES string of the molecule is CCCCCCCCCCCCC(O)[C@H]1O[C@@H](OCCCN(C)C)[C@@](O)(CCCCCCCCCCCC)[C@@H](O)[C@H]1O. The molecule has 0 spiro atoms. The van der Waals surface area contributed by atoms with Gasteiger partial charge in [-0.3, -0.25) is 0 Å². The molecule has 0 aliphatic carbocycles. The molecular formula is C35H71NO6. The minimum absolute atomic E-state index is 0.293. The second-order valence-electron chi connectivity index (χ2n) is 13.4. The lowest BCUT2D eigenvalue weighted by molar-refractivity contribution is -0.350. The largest absolute Gasteiger partial charge is 0.390 e. The van der Waals surface area contributed by atoms with Crippen LogP contribution in [0.2, 0.25) is 0 Å². The summed E-state index contributed by atoms with van der Waals surface area (Å²) in [6, 6.07) is 0. The molecular weight excluding hydrogens is 530 g/mol. The second kappa shape index (κ2) is 25.0. The number of aliphatic hydroxyl groups is 4. The maximum Gasteiger partial charge on any atom is 0.189 e. The van der Waals surface area contributed by atoms with Gasteiger partial charge in [0, 0.05) is 0 Å². The first kappa shape index (κ1) is 39.7. The predicted molar refractivity (Wildman–Crippen MR) is 174 cm³/mol. The first-order chi connectivity index (χ1) is 20.3. The van der Waals surface area contributed by atoms with E-state index in [1.54, 1.807) is 0 Å². The van der Waals surface area contributed by atoms with Crippen LogP contribution in [0.4, 0.5) is 0 Å². The summed E-state index contributed by atoms with van der Waals surface area (Å²) < 4.78 is 12.1. The highest BCUT2D eigenvalue weighted by Crippen LogP contribution is 2.37. The van der Waals surface area contributed by atoms with Crippen molar-refractivity contribution < 1.29 is 29.9 Å². The Bertz CT molecular complexity index is 606. The predicted octanol–water partition coefficient (Wildman–Crippen LogP) is 7.12. The van der Waals surface area contributed by atoms with E-state index < -0.39 is 36.3 Å². The van der Waals surface area contributed by atoms with Gasteiger partial charge in [-0.1, -0.05) is 142 Å². The highest BCUT2D eigenvalue weighted by Gasteiger charge is 2.56. The van der Waals surface area contributed by atoms with Crippen molar-refractivity contribution in [2.75, 3.05) is 27.2 Å². The normalized spacial score (nSPS) is 25.4. The number of hydrogen-bond donors (Lipinski definition) is 4. The zero-order valence-electron chi connectivity index (χ0n) is 28.1. The molecule has 7 heteroatoms. The van der Waals surface area contributed by atoms with E-state index in [0.717, 1.165) is 51.5 Å². The van der Waals surface area contributed by atoms with Crippen molar-refractivity contribution >= 4 is 0 Å². The molecule has 0 aromatic rings. The summed E-state index contributed by atoms with van der Waals surface area (Å²) in [7, 11) is 4.00. The smallest absolute Gasteiger partial charge is 0.189 e. The third-order valence-corrected chi connectivity index (χ3v) is 9.04. The van der Waals surface area contributed by atoms with Crippen LogP contribution in [0.15, 0.2) is 0 Å². The molecule has 1 aliphatic rings. The van der Waals surface area contributed by atoms with Gasteiger partial charge in [0.15, 0.2) is 6.29 Å². The zero-order valence-corrected chi connectivity index (χ0v) is 28.1. The standard InChI is InChI=1S/C35H71NO6/c1-5-7-9-11-13-15-17-19-21-23-26-30(37)32-31(38)33(39)35(40,34(42-32)41-29-25-28-36(3)4)27-24-22-20-18-16-14-12-10-8-6-2/h30-34,37-40H,5-29H2,1-4H3/t30?,31-,32+,33-,34+,35+/m0/s1. The Morgan fingerprint density at radius 1 is 0.690 bits per heavy atom. The first-order valence-corrected chi connectivity index (χ1v) is 18.0. The van der Waals surface area contributed by atoms with Gasteiger partial charge in [0.05, 0.1) is 12.7 Å². The van der Waals surface area contributed by atoms with Crippen LogP contribution in [-0.4, -0.2) is 88.9 Å². The van der Waals surface area contributed by atoms with E-state index in [9.17, 15) is 20.4 Å². The number of nitrogens with zero attached hydrogens (tertiary/aromatic N) is 1. The molecule has 1 fully saturated rings. The molecule has 6 atom stereocenters. The Morgan fingerprint density at radius 2 is 1.14 bits per heavy atom. The first-order valence-electron chi connectivity index (χ1n) is 18.0. The third-order valence-electron chi connectivity index (χ3n) is 9.04. The van der Waals surface area contributed by atoms with Gasteiger partial charge in [0.1, 0.15) is 23.9 Å². The Balaban J connectivity index is 2.53. The summed E-state index contributed by atoms with van der Waals surface area (Å²) >= 11 is 0. The van der Waals surface area contributed by atoms with Gasteiger partial charge in [-0.15, -0.1) is 0 Å². The van der Waals surface area contributed by atoms with Crippen molar-refractivity contribution in [2.24, 2.45) is 0 Å². The summed E-state index contributed by atoms with van der Waals surface area (Å²) in [5.41, 5.74) is -1.70. The molecule has 1 aliphatic heterocycles. The summed E-state index contributed by atoms with van der Waals surface area (Å²) in [6.45, 7) is 5.68. The zero-order chi connectivity index (χ0) is 31.1. The quantitative estimate of drug-likeness (QED) is 0.0709. The van der Waals surface area contributed by atoms with Gasteiger partial charge >= 0.3 is 0 Å². The Hall–Kier alpha value is -0.280. The van der Waals surface area contributed by atoms with Crippen LogP contribution in [0.1, 0.15) is 162 Å². The lowest BCUT2D eigenvalue weighted by Crippen LogP contribution is -2.68. The number of aliphatic hydroxyl groups excluding tert-OH is 3. The van der Waals surface area contributed by atoms with E-state index in [1.165, 1.54) is 89.9 Å². The van der Waals surface area contributed by atoms with Gasteiger partial charge in [-0.05, 0) is 39.9 Å². The highest BCUT2D eigenvalue weighted by atomic mass is 16.7. The number of hydrogen-bond acceptors (Lipinski definition) is 7. The summed E-state index contributed by atoms with van der Waals surface area (Å²) in [5.74, 6) is 0. The highest BCUT2D eigenvalue weighted by molar-refractivity contribution is 5.02. The third kappa shape index (κ3) is 16.7. The molecule has 1 heterocycles. The molecule has 7 nitrogen and oxygen atoms in total. The van der Waals surface area contributed by atoms with Crippen LogP contribution in [0.5, 0.6) is 0 Å². The fourth-order valence-electron chi connectivity index (χ4n) is 6.20. The Labute approximate surface area is 259 Å². The maximum absolute atomic E-state index is 11.6. The van der Waals surface area contributed by atoms with Crippen molar-refractivity contribution in [2.45, 2.75) is 198 Å². The topological polar surface area (TPSA) is 103 Å². The lowest BCUT2D eigenvalue weighted by atomic mass is 9.80. The maximum atomic E-state index is 11.6. The molecule has 1 saturated heterocycles. The molecule has 0 amide bonds. The van der Waals surface area contributed by atoms with Gasteiger partial charge in [0.2, 0.25) is 0 Å². The number of ether oxygens (including phenoxy) is 2. The van der Waals surface area contributed by atoms with E-state index >= 15 is 0 Å². The van der Waals surface area contributed by atoms with E-state index in [1.807, 2.05) is 14.1 Å². The van der Waals surface area contributed by atoms with E-state index in [0.29, 0.717) is 19.4 Å². The minimum Gasteiger partial charge on any atom is -0.390 e.